The Bertz CT molecular complexity index is 204. The smallest absolute Gasteiger partial charge is 0.324 e. The van der Waals surface area contributed by atoms with E-state index in [-0.39, 0.29) is 4.11 Å². The van der Waals surface area contributed by atoms with E-state index in [1.165, 1.54) is 0 Å². The van der Waals surface area contributed by atoms with Crippen LogP contribution < -0.4 is 5.09 Å². The van der Waals surface area contributed by atoms with Crippen molar-refractivity contribution >= 4 is 47.1 Å². The van der Waals surface area contributed by atoms with Gasteiger partial charge in [-0.15, -0.1) is 0 Å². The fraction of sp³-hybridized carbons (Fsp3) is 0.833. The second-order valence-corrected chi connectivity index (χ2v) is 5.65. The third kappa shape index (κ3) is 6.71. The molecule has 1 N–H and O–H groups in total. The number of halogens is 2. The molecule has 0 aliphatic carbocycles. The Morgan fingerprint density at radius 2 is 2.31 bits per heavy atom. The van der Waals surface area contributed by atoms with Crippen molar-refractivity contribution in [3.63, 3.8) is 0 Å². The molecule has 3 atom stereocenters. The van der Waals surface area contributed by atoms with Crippen molar-refractivity contribution in [3.05, 3.63) is 0 Å². The largest absolute Gasteiger partial charge is 0.451 e. The minimum absolute atomic E-state index is 0.146. The lowest BCUT2D eigenvalue weighted by atomic mass is 10.4. The van der Waals surface area contributed by atoms with Crippen molar-refractivity contribution in [3.8, 4) is 0 Å². The highest BCUT2D eigenvalue weighted by Crippen LogP contribution is 2.21. The number of hydrogen-bond donors (Lipinski definition) is 1. The molecule has 4 nitrogen and oxygen atoms in total. The molecule has 0 saturated heterocycles. The standard InChI is InChI=1S/C6H12ClINO3P/c1-3-5(8)12-6(10)4(2)9-13(7)11/h4-5,13H,3H2,1-2H3,(H,9,11)/t4-,5?/m0/s1. The van der Waals surface area contributed by atoms with E-state index in [2.05, 4.69) is 5.09 Å². The lowest BCUT2D eigenvalue weighted by Gasteiger charge is -2.13. The number of carbonyl (C=O) groups is 1. The van der Waals surface area contributed by atoms with Gasteiger partial charge in [-0.05, 0) is 47.2 Å². The number of nitrogens with one attached hydrogen (secondary N) is 1. The van der Waals surface area contributed by atoms with E-state index in [1.54, 1.807) is 6.92 Å². The molecule has 0 rings (SSSR count). The summed E-state index contributed by atoms with van der Waals surface area (Å²) in [5.41, 5.74) is 0. The molecule has 0 fully saturated rings. The Kier molecular flexibility index (Phi) is 7.40. The van der Waals surface area contributed by atoms with Gasteiger partial charge in [0.1, 0.15) is 6.04 Å². The van der Waals surface area contributed by atoms with E-state index in [1.807, 2.05) is 29.5 Å². The predicted octanol–water partition coefficient (Wildman–Crippen LogP) is 2.31. The zero-order valence-electron chi connectivity index (χ0n) is 7.34. The van der Waals surface area contributed by atoms with Crippen LogP contribution in [0.25, 0.3) is 0 Å². The average molecular weight is 339 g/mol. The molecule has 0 radical (unpaired) electrons. The summed E-state index contributed by atoms with van der Waals surface area (Å²) >= 11 is 7.23. The Balaban J connectivity index is 3.89. The molecular weight excluding hydrogens is 327 g/mol. The van der Waals surface area contributed by atoms with Gasteiger partial charge in [-0.1, -0.05) is 6.92 Å². The van der Waals surface area contributed by atoms with Gasteiger partial charge in [-0.3, -0.25) is 9.36 Å². The van der Waals surface area contributed by atoms with Gasteiger partial charge in [0.05, 0.1) is 0 Å². The maximum absolute atomic E-state index is 11.2. The van der Waals surface area contributed by atoms with Crippen LogP contribution in [0.3, 0.4) is 0 Å². The van der Waals surface area contributed by atoms with E-state index in [4.69, 9.17) is 16.0 Å². The summed E-state index contributed by atoms with van der Waals surface area (Å²) in [6, 6.07) is -0.618. The Labute approximate surface area is 96.5 Å². The second kappa shape index (κ2) is 7.04. The van der Waals surface area contributed by atoms with Crippen LogP contribution in [0.15, 0.2) is 0 Å². The van der Waals surface area contributed by atoms with E-state index < -0.39 is 19.3 Å². The van der Waals surface area contributed by atoms with Crippen LogP contribution in [-0.2, 0) is 14.1 Å². The Morgan fingerprint density at radius 1 is 1.77 bits per heavy atom. The molecule has 0 bridgehead atoms. The minimum atomic E-state index is -2.35. The summed E-state index contributed by atoms with van der Waals surface area (Å²) in [6.07, 6.45) is 0.745. The maximum atomic E-state index is 11.2. The van der Waals surface area contributed by atoms with Crippen molar-refractivity contribution in [2.24, 2.45) is 0 Å². The molecule has 2 unspecified atom stereocenters. The van der Waals surface area contributed by atoms with Crippen molar-refractivity contribution < 1.29 is 14.1 Å². The van der Waals surface area contributed by atoms with E-state index in [0.29, 0.717) is 0 Å². The fourth-order valence-electron chi connectivity index (χ4n) is 0.541. The first-order chi connectivity index (χ1) is 5.97. The van der Waals surface area contributed by atoms with Gasteiger partial charge in [-0.2, -0.15) is 0 Å². The molecule has 0 aliphatic heterocycles. The zero-order valence-corrected chi connectivity index (χ0v) is 11.3. The summed E-state index contributed by atoms with van der Waals surface area (Å²) in [7, 11) is -2.35. The van der Waals surface area contributed by atoms with Crippen molar-refractivity contribution in [2.45, 2.75) is 30.4 Å². The zero-order chi connectivity index (χ0) is 10.4. The molecule has 7 heteroatoms. The number of ether oxygens (including phenoxy) is 1. The highest BCUT2D eigenvalue weighted by molar-refractivity contribution is 14.1. The fourth-order valence-corrected chi connectivity index (χ4v) is 1.74. The van der Waals surface area contributed by atoms with E-state index in [0.717, 1.165) is 6.42 Å². The third-order valence-corrected chi connectivity index (χ3v) is 3.37. The minimum Gasteiger partial charge on any atom is -0.451 e. The lowest BCUT2D eigenvalue weighted by molar-refractivity contribution is -0.146. The number of hydrogen-bond acceptors (Lipinski definition) is 3. The van der Waals surface area contributed by atoms with Gasteiger partial charge in [-0.25, -0.2) is 5.09 Å². The summed E-state index contributed by atoms with van der Waals surface area (Å²) in [5.74, 6) is -0.430. The van der Waals surface area contributed by atoms with Crippen molar-refractivity contribution in [1.82, 2.24) is 5.09 Å². The van der Waals surface area contributed by atoms with Crippen LogP contribution >= 0.6 is 41.1 Å². The highest BCUT2D eigenvalue weighted by Gasteiger charge is 2.17. The SMILES string of the molecule is CCC(I)OC(=O)[C@H](C)N[PH](=O)Cl. The molecule has 13 heavy (non-hydrogen) atoms. The number of esters is 1. The molecule has 78 valence electrons. The molecule has 0 saturated carbocycles. The van der Waals surface area contributed by atoms with Gasteiger partial charge in [0.2, 0.25) is 7.30 Å². The normalized spacial score (nSPS) is 17.5. The first-order valence-electron chi connectivity index (χ1n) is 3.78. The Morgan fingerprint density at radius 3 is 2.69 bits per heavy atom. The second-order valence-electron chi connectivity index (χ2n) is 2.39. The van der Waals surface area contributed by atoms with Gasteiger partial charge in [0.25, 0.3) is 0 Å². The van der Waals surface area contributed by atoms with Crippen LogP contribution in [0.1, 0.15) is 20.3 Å². The summed E-state index contributed by atoms with van der Waals surface area (Å²) in [4.78, 5) is 11.2. The van der Waals surface area contributed by atoms with Gasteiger partial charge >= 0.3 is 5.97 Å². The molecule has 0 spiro atoms. The van der Waals surface area contributed by atoms with E-state index in [9.17, 15) is 9.36 Å². The van der Waals surface area contributed by atoms with Crippen LogP contribution in [0, 0.1) is 0 Å². The molecular formula is C6H12ClINO3P. The molecule has 0 aromatic heterocycles. The summed E-state index contributed by atoms with van der Waals surface area (Å²) in [6.45, 7) is 3.47. The van der Waals surface area contributed by atoms with E-state index >= 15 is 0 Å². The van der Waals surface area contributed by atoms with Gasteiger partial charge in [0.15, 0.2) is 4.11 Å². The number of carbonyl (C=O) groups excluding carboxylic acids is 1. The van der Waals surface area contributed by atoms with Crippen molar-refractivity contribution in [1.29, 1.82) is 0 Å². The van der Waals surface area contributed by atoms with Crippen molar-refractivity contribution in [2.75, 3.05) is 0 Å². The highest BCUT2D eigenvalue weighted by atomic mass is 127. The molecule has 0 amide bonds. The lowest BCUT2D eigenvalue weighted by Crippen LogP contribution is -2.31. The van der Waals surface area contributed by atoms with Crippen LogP contribution in [0.2, 0.25) is 0 Å². The molecule has 0 aromatic rings. The van der Waals surface area contributed by atoms with Crippen LogP contribution in [0.5, 0.6) is 0 Å². The monoisotopic (exact) mass is 339 g/mol. The molecule has 0 aliphatic rings. The summed E-state index contributed by atoms with van der Waals surface area (Å²) in [5, 5.41) is 2.41. The molecule has 0 heterocycles. The first kappa shape index (κ1) is 13.7. The number of alkyl halides is 1. The predicted molar refractivity (Wildman–Crippen MR) is 61.6 cm³/mol. The maximum Gasteiger partial charge on any atom is 0.324 e. The molecule has 0 aromatic carbocycles. The topological polar surface area (TPSA) is 55.4 Å². The van der Waals surface area contributed by atoms with Gasteiger partial charge < -0.3 is 4.74 Å². The van der Waals surface area contributed by atoms with Gasteiger partial charge in [0, 0.05) is 0 Å². The number of rotatable bonds is 5. The summed E-state index contributed by atoms with van der Waals surface area (Å²) < 4.78 is 15.4. The van der Waals surface area contributed by atoms with Crippen LogP contribution in [-0.4, -0.2) is 16.1 Å². The Hall–Kier alpha value is 0.680. The first-order valence-corrected chi connectivity index (χ1v) is 7.44. The van der Waals surface area contributed by atoms with Crippen LogP contribution in [0.4, 0.5) is 0 Å². The quantitative estimate of drug-likeness (QED) is 0.361. The third-order valence-electron chi connectivity index (χ3n) is 1.25. The average Bonchev–Trinajstić information content (AvgIpc) is 2.02.